The van der Waals surface area contributed by atoms with E-state index in [1.54, 1.807) is 0 Å². The first-order chi connectivity index (χ1) is 14.9. The van der Waals surface area contributed by atoms with Gasteiger partial charge in [-0.25, -0.2) is 13.1 Å². The molecule has 0 bridgehead atoms. The first-order valence-corrected chi connectivity index (χ1v) is 11.2. The number of aliphatic hydroxyl groups excluding tert-OH is 2. The number of alkyl halides is 3. The second-order valence-corrected chi connectivity index (χ2v) is 9.30. The van der Waals surface area contributed by atoms with Gasteiger partial charge in [-0.05, 0) is 31.0 Å². The normalized spacial score (nSPS) is 26.8. The number of nitrogens with one attached hydrogen (secondary N) is 3. The Hall–Kier alpha value is -2.48. The van der Waals surface area contributed by atoms with Crippen molar-refractivity contribution < 1.29 is 41.4 Å². The van der Waals surface area contributed by atoms with Gasteiger partial charge in [0, 0.05) is 18.5 Å². The third kappa shape index (κ3) is 5.46. The Morgan fingerprint density at radius 1 is 1.22 bits per heavy atom. The maximum atomic E-state index is 12.9. The van der Waals surface area contributed by atoms with Crippen LogP contribution in [0, 0.1) is 0 Å². The zero-order valence-corrected chi connectivity index (χ0v) is 17.4. The Kier molecular flexibility index (Phi) is 6.93. The van der Waals surface area contributed by atoms with E-state index in [0.29, 0.717) is 31.5 Å². The van der Waals surface area contributed by atoms with Gasteiger partial charge in [-0.1, -0.05) is 12.1 Å². The molecule has 1 saturated heterocycles. The highest BCUT2D eigenvalue weighted by Crippen LogP contribution is 2.30. The van der Waals surface area contributed by atoms with Gasteiger partial charge in [0.1, 0.15) is 12.1 Å². The van der Waals surface area contributed by atoms with E-state index in [2.05, 4.69) is 10.6 Å². The summed E-state index contributed by atoms with van der Waals surface area (Å²) in [6.45, 7) is 0.484. The first kappa shape index (κ1) is 24.2. The molecule has 3 rings (SSSR count). The highest BCUT2D eigenvalue weighted by atomic mass is 32.2. The lowest BCUT2D eigenvalue weighted by atomic mass is 9.90. The SMILES string of the molecule is O=C(NC1CCCNC1=O)C1=CC(NS(=O)(=O)c2cccc(C(F)(F)F)c2)C(O)C(O)C1. The molecule has 0 radical (unpaired) electrons. The Morgan fingerprint density at radius 3 is 2.59 bits per heavy atom. The molecule has 0 aromatic heterocycles. The van der Waals surface area contributed by atoms with Crippen molar-refractivity contribution in [3.63, 3.8) is 0 Å². The van der Waals surface area contributed by atoms with Crippen LogP contribution in [0.25, 0.3) is 0 Å². The Balaban J connectivity index is 1.81. The quantitative estimate of drug-likeness (QED) is 0.397. The second kappa shape index (κ2) is 9.17. The van der Waals surface area contributed by atoms with Crippen LogP contribution in [0.4, 0.5) is 13.2 Å². The zero-order valence-electron chi connectivity index (χ0n) is 16.6. The summed E-state index contributed by atoms with van der Waals surface area (Å²) in [4.78, 5) is 23.7. The number of sulfonamides is 1. The molecule has 2 aliphatic rings. The third-order valence-electron chi connectivity index (χ3n) is 5.22. The van der Waals surface area contributed by atoms with E-state index in [9.17, 15) is 41.4 Å². The average Bonchev–Trinajstić information content (AvgIpc) is 2.72. The molecule has 2 amide bonds. The molecule has 0 spiro atoms. The summed E-state index contributed by atoms with van der Waals surface area (Å²) in [5, 5.41) is 25.4. The molecule has 1 aliphatic carbocycles. The molecule has 32 heavy (non-hydrogen) atoms. The van der Waals surface area contributed by atoms with Crippen molar-refractivity contribution in [3.8, 4) is 0 Å². The van der Waals surface area contributed by atoms with Gasteiger partial charge < -0.3 is 20.8 Å². The smallest absolute Gasteiger partial charge is 0.390 e. The van der Waals surface area contributed by atoms with E-state index >= 15 is 0 Å². The molecule has 0 saturated carbocycles. The fraction of sp³-hybridized carbons (Fsp3) is 0.474. The van der Waals surface area contributed by atoms with Gasteiger partial charge in [0.05, 0.1) is 22.6 Å². The molecule has 1 aromatic carbocycles. The molecule has 4 atom stereocenters. The first-order valence-electron chi connectivity index (χ1n) is 9.73. The monoisotopic (exact) mass is 477 g/mol. The van der Waals surface area contributed by atoms with E-state index in [1.165, 1.54) is 0 Å². The van der Waals surface area contributed by atoms with Crippen LogP contribution in [0.5, 0.6) is 0 Å². The Bertz CT molecular complexity index is 1030. The molecule has 176 valence electrons. The Morgan fingerprint density at radius 2 is 1.94 bits per heavy atom. The Labute approximate surface area is 181 Å². The number of hydrogen-bond donors (Lipinski definition) is 5. The van der Waals surface area contributed by atoms with Crippen LogP contribution in [0.3, 0.4) is 0 Å². The number of carbonyl (C=O) groups is 2. The summed E-state index contributed by atoms with van der Waals surface area (Å²) in [5.74, 6) is -1.09. The summed E-state index contributed by atoms with van der Waals surface area (Å²) in [6, 6.07) is 0.741. The largest absolute Gasteiger partial charge is 0.416 e. The number of hydrogen-bond acceptors (Lipinski definition) is 6. The standard InChI is InChI=1S/C19H22F3N3O6S/c20-19(21,22)11-3-1-4-12(9-11)32(30,31)25-14-7-10(8-15(26)16(14)27)17(28)24-13-5-2-6-23-18(13)29/h1,3-4,7,9,13-16,25-27H,2,5-6,8H2,(H,23,29)(H,24,28). The molecule has 1 fully saturated rings. The number of aliphatic hydroxyl groups is 2. The zero-order chi connectivity index (χ0) is 23.7. The summed E-state index contributed by atoms with van der Waals surface area (Å²) in [6.07, 6.45) is -6.09. The molecular weight excluding hydrogens is 455 g/mol. The van der Waals surface area contributed by atoms with Crippen LogP contribution in [0.1, 0.15) is 24.8 Å². The lowest BCUT2D eigenvalue weighted by Gasteiger charge is -2.31. The van der Waals surface area contributed by atoms with E-state index in [0.717, 1.165) is 18.2 Å². The highest BCUT2D eigenvalue weighted by Gasteiger charge is 2.37. The molecule has 1 heterocycles. The number of rotatable bonds is 5. The third-order valence-corrected chi connectivity index (χ3v) is 6.67. The molecule has 9 nitrogen and oxygen atoms in total. The van der Waals surface area contributed by atoms with Crippen LogP contribution in [0.15, 0.2) is 40.8 Å². The maximum absolute atomic E-state index is 12.9. The fourth-order valence-corrected chi connectivity index (χ4v) is 4.73. The predicted molar refractivity (Wildman–Crippen MR) is 104 cm³/mol. The average molecular weight is 477 g/mol. The van der Waals surface area contributed by atoms with Gasteiger partial charge in [-0.2, -0.15) is 13.2 Å². The lowest BCUT2D eigenvalue weighted by molar-refractivity contribution is -0.137. The summed E-state index contributed by atoms with van der Waals surface area (Å²) < 4.78 is 66.0. The minimum atomic E-state index is -4.76. The van der Waals surface area contributed by atoms with Gasteiger partial charge in [0.25, 0.3) is 0 Å². The number of benzene rings is 1. The predicted octanol–water partition coefficient (Wildman–Crippen LogP) is -0.201. The van der Waals surface area contributed by atoms with E-state index in [4.69, 9.17) is 0 Å². The lowest BCUT2D eigenvalue weighted by Crippen LogP contribution is -2.53. The number of carbonyl (C=O) groups excluding carboxylic acids is 2. The molecule has 13 heteroatoms. The molecule has 1 aliphatic heterocycles. The second-order valence-electron chi connectivity index (χ2n) is 7.59. The fourth-order valence-electron chi connectivity index (χ4n) is 3.49. The number of piperidine rings is 1. The van der Waals surface area contributed by atoms with Crippen LogP contribution < -0.4 is 15.4 Å². The van der Waals surface area contributed by atoms with Crippen molar-refractivity contribution in [3.05, 3.63) is 41.5 Å². The summed E-state index contributed by atoms with van der Waals surface area (Å²) >= 11 is 0. The van der Waals surface area contributed by atoms with Crippen LogP contribution in [-0.2, 0) is 25.8 Å². The molecule has 5 N–H and O–H groups in total. The molecule has 1 aromatic rings. The van der Waals surface area contributed by atoms with Crippen molar-refractivity contribution in [2.45, 2.75) is 54.6 Å². The van der Waals surface area contributed by atoms with Crippen molar-refractivity contribution in [1.82, 2.24) is 15.4 Å². The van der Waals surface area contributed by atoms with Crippen molar-refractivity contribution >= 4 is 21.8 Å². The minimum absolute atomic E-state index is 0.0714. The topological polar surface area (TPSA) is 145 Å². The van der Waals surface area contributed by atoms with Crippen molar-refractivity contribution in [2.24, 2.45) is 0 Å². The van der Waals surface area contributed by atoms with Crippen LogP contribution in [-0.4, -0.2) is 61.3 Å². The molecule has 4 unspecified atom stereocenters. The highest BCUT2D eigenvalue weighted by molar-refractivity contribution is 7.89. The summed E-state index contributed by atoms with van der Waals surface area (Å²) in [7, 11) is -4.55. The minimum Gasteiger partial charge on any atom is -0.390 e. The van der Waals surface area contributed by atoms with E-state index in [1.807, 2.05) is 4.72 Å². The van der Waals surface area contributed by atoms with Crippen molar-refractivity contribution in [1.29, 1.82) is 0 Å². The molecular formula is C19H22F3N3O6S. The van der Waals surface area contributed by atoms with Crippen LogP contribution in [0.2, 0.25) is 0 Å². The maximum Gasteiger partial charge on any atom is 0.416 e. The van der Waals surface area contributed by atoms with Crippen LogP contribution >= 0.6 is 0 Å². The van der Waals surface area contributed by atoms with E-state index < -0.39 is 56.9 Å². The van der Waals surface area contributed by atoms with Gasteiger partial charge in [0.2, 0.25) is 21.8 Å². The van der Waals surface area contributed by atoms with E-state index in [-0.39, 0.29) is 17.9 Å². The van der Waals surface area contributed by atoms with Gasteiger partial charge in [-0.15, -0.1) is 0 Å². The van der Waals surface area contributed by atoms with Gasteiger partial charge in [0.15, 0.2) is 0 Å². The van der Waals surface area contributed by atoms with Gasteiger partial charge >= 0.3 is 6.18 Å². The number of amides is 2. The van der Waals surface area contributed by atoms with Crippen molar-refractivity contribution in [2.75, 3.05) is 6.54 Å². The van der Waals surface area contributed by atoms with Gasteiger partial charge in [-0.3, -0.25) is 9.59 Å². The number of halogens is 3. The summed E-state index contributed by atoms with van der Waals surface area (Å²) in [5.41, 5.74) is -1.25.